The Morgan fingerprint density at radius 1 is 1.21 bits per heavy atom. The van der Waals surface area contributed by atoms with E-state index in [0.29, 0.717) is 15.6 Å². The molecule has 0 unspecified atom stereocenters. The molecule has 0 fully saturated rings. The van der Waals surface area contributed by atoms with E-state index in [9.17, 15) is 4.79 Å². The van der Waals surface area contributed by atoms with E-state index in [-0.39, 0.29) is 5.97 Å². The van der Waals surface area contributed by atoms with Gasteiger partial charge in [-0.05, 0) is 31.7 Å². The number of hydrogen-bond donors (Lipinski definition) is 0. The molecule has 0 atom stereocenters. The van der Waals surface area contributed by atoms with Crippen molar-refractivity contribution < 1.29 is 9.53 Å². The number of ether oxygens (including phenoxy) is 1. The highest BCUT2D eigenvalue weighted by Crippen LogP contribution is 2.37. The maximum atomic E-state index is 11.9. The molecule has 6 heteroatoms. The first-order chi connectivity index (χ1) is 8.90. The molecule has 2 aromatic heterocycles. The molecule has 2 heterocycles. The average molecular weight is 318 g/mol. The Labute approximate surface area is 125 Å². The van der Waals surface area contributed by atoms with E-state index in [4.69, 9.17) is 27.9 Å². The van der Waals surface area contributed by atoms with Crippen LogP contribution in [0.15, 0.2) is 5.38 Å². The summed E-state index contributed by atoms with van der Waals surface area (Å²) in [5, 5.41) is 3.73. The summed E-state index contributed by atoms with van der Waals surface area (Å²) in [6.45, 7) is 5.62. The molecule has 2 rings (SSSR count). The monoisotopic (exact) mass is 317 g/mol. The van der Waals surface area contributed by atoms with Gasteiger partial charge in [-0.3, -0.25) is 0 Å². The van der Waals surface area contributed by atoms with Crippen LogP contribution in [0.3, 0.4) is 0 Å². The predicted octanol–water partition coefficient (Wildman–Crippen LogP) is 4.56. The van der Waals surface area contributed by atoms with E-state index in [0.717, 1.165) is 22.0 Å². The quantitative estimate of drug-likeness (QED) is 0.760. The maximum absolute atomic E-state index is 11.9. The molecule has 2 aromatic rings. The topological polar surface area (TPSA) is 31.2 Å². The molecule has 0 aliphatic carbocycles. The lowest BCUT2D eigenvalue weighted by molar-refractivity contribution is 0.0600. The van der Waals surface area contributed by atoms with Gasteiger partial charge in [0.1, 0.15) is 5.00 Å². The second-order valence-corrected chi connectivity index (χ2v) is 5.84. The fraction of sp³-hybridized carbons (Fsp3) is 0.308. The Bertz CT molecular complexity index is 633. The molecule has 0 spiro atoms. The highest BCUT2D eigenvalue weighted by molar-refractivity contribution is 7.13. The van der Waals surface area contributed by atoms with Gasteiger partial charge >= 0.3 is 5.97 Å². The van der Waals surface area contributed by atoms with Crippen LogP contribution in [-0.4, -0.2) is 17.6 Å². The highest BCUT2D eigenvalue weighted by Gasteiger charge is 2.23. The Morgan fingerprint density at radius 2 is 1.74 bits per heavy atom. The summed E-state index contributed by atoms with van der Waals surface area (Å²) in [5.41, 5.74) is 3.07. The molecular formula is C13H13Cl2NO2S. The molecule has 0 aliphatic heterocycles. The smallest absolute Gasteiger partial charge is 0.341 e. The molecular weight excluding hydrogens is 305 g/mol. The standard InChI is InChI=1S/C13H13Cl2NO2S/c1-6-5-19-12(9(6)13(17)18-4)16-7(2)10(14)11(15)8(16)3/h5H,1-4H3. The number of aromatic nitrogens is 1. The van der Waals surface area contributed by atoms with Crippen molar-refractivity contribution in [3.63, 3.8) is 0 Å². The van der Waals surface area contributed by atoms with Crippen LogP contribution in [0.4, 0.5) is 0 Å². The number of methoxy groups -OCH3 is 1. The molecule has 102 valence electrons. The minimum Gasteiger partial charge on any atom is -0.465 e. The van der Waals surface area contributed by atoms with E-state index >= 15 is 0 Å². The summed E-state index contributed by atoms with van der Waals surface area (Å²) in [4.78, 5) is 11.9. The summed E-state index contributed by atoms with van der Waals surface area (Å²) in [6, 6.07) is 0. The molecule has 0 amide bonds. The zero-order valence-corrected chi connectivity index (χ0v) is 13.3. The lowest BCUT2D eigenvalue weighted by atomic mass is 10.2. The van der Waals surface area contributed by atoms with Crippen LogP contribution in [-0.2, 0) is 4.74 Å². The van der Waals surface area contributed by atoms with Crippen molar-refractivity contribution in [1.29, 1.82) is 0 Å². The van der Waals surface area contributed by atoms with Crippen molar-refractivity contribution >= 4 is 40.5 Å². The number of halogens is 2. The fourth-order valence-corrected chi connectivity index (χ4v) is 3.61. The largest absolute Gasteiger partial charge is 0.465 e. The summed E-state index contributed by atoms with van der Waals surface area (Å²) in [5.74, 6) is -0.353. The number of rotatable bonds is 2. The lowest BCUT2D eigenvalue weighted by Crippen LogP contribution is -2.08. The molecule has 0 bridgehead atoms. The van der Waals surface area contributed by atoms with Crippen molar-refractivity contribution in [3.8, 4) is 5.00 Å². The van der Waals surface area contributed by atoms with E-state index in [1.807, 2.05) is 30.7 Å². The lowest BCUT2D eigenvalue weighted by Gasteiger charge is -2.09. The van der Waals surface area contributed by atoms with Gasteiger partial charge in [-0.2, -0.15) is 0 Å². The highest BCUT2D eigenvalue weighted by atomic mass is 35.5. The summed E-state index contributed by atoms with van der Waals surface area (Å²) in [6.07, 6.45) is 0. The average Bonchev–Trinajstić information content (AvgIpc) is 2.84. The first-order valence-corrected chi connectivity index (χ1v) is 7.23. The van der Waals surface area contributed by atoms with Gasteiger partial charge in [-0.15, -0.1) is 11.3 Å². The number of nitrogens with zero attached hydrogens (tertiary/aromatic N) is 1. The van der Waals surface area contributed by atoms with E-state index in [1.54, 1.807) is 0 Å². The van der Waals surface area contributed by atoms with Crippen molar-refractivity contribution in [2.75, 3.05) is 7.11 Å². The van der Waals surface area contributed by atoms with Gasteiger partial charge in [0.2, 0.25) is 0 Å². The summed E-state index contributed by atoms with van der Waals surface area (Å²) in [7, 11) is 1.37. The third-order valence-corrected chi connectivity index (χ3v) is 5.15. The Morgan fingerprint density at radius 3 is 2.21 bits per heavy atom. The molecule has 19 heavy (non-hydrogen) atoms. The molecule has 0 aromatic carbocycles. The SMILES string of the molecule is COC(=O)c1c(C)csc1-n1c(C)c(Cl)c(Cl)c1C. The zero-order valence-electron chi connectivity index (χ0n) is 11.0. The van der Waals surface area contributed by atoms with Gasteiger partial charge in [0, 0.05) is 11.4 Å². The molecule has 0 saturated carbocycles. The minimum atomic E-state index is -0.353. The summed E-state index contributed by atoms with van der Waals surface area (Å²) < 4.78 is 6.74. The minimum absolute atomic E-state index is 0.353. The second kappa shape index (κ2) is 5.19. The number of carbonyl (C=O) groups excluding carboxylic acids is 1. The summed E-state index contributed by atoms with van der Waals surface area (Å²) >= 11 is 13.8. The van der Waals surface area contributed by atoms with Crippen molar-refractivity contribution in [3.05, 3.63) is 37.9 Å². The van der Waals surface area contributed by atoms with Crippen molar-refractivity contribution in [1.82, 2.24) is 4.57 Å². The number of aryl methyl sites for hydroxylation is 1. The van der Waals surface area contributed by atoms with Gasteiger partial charge in [0.25, 0.3) is 0 Å². The van der Waals surface area contributed by atoms with E-state index in [1.165, 1.54) is 18.4 Å². The first kappa shape index (κ1) is 14.4. The van der Waals surface area contributed by atoms with Gasteiger partial charge in [-0.25, -0.2) is 4.79 Å². The number of esters is 1. The van der Waals surface area contributed by atoms with Gasteiger partial charge in [0.05, 0.1) is 22.7 Å². The van der Waals surface area contributed by atoms with Crippen LogP contribution < -0.4 is 0 Å². The molecule has 0 saturated heterocycles. The van der Waals surface area contributed by atoms with Crippen LogP contribution in [0.2, 0.25) is 10.0 Å². The Kier molecular flexibility index (Phi) is 3.95. The number of carbonyl (C=O) groups is 1. The third kappa shape index (κ3) is 2.18. The maximum Gasteiger partial charge on any atom is 0.341 e. The van der Waals surface area contributed by atoms with Crippen molar-refractivity contribution in [2.24, 2.45) is 0 Å². The number of hydrogen-bond acceptors (Lipinski definition) is 3. The Balaban J connectivity index is 2.74. The zero-order chi connectivity index (χ0) is 14.3. The third-order valence-electron chi connectivity index (χ3n) is 3.05. The van der Waals surface area contributed by atoms with Crippen LogP contribution in [0.25, 0.3) is 5.00 Å². The normalized spacial score (nSPS) is 10.8. The predicted molar refractivity (Wildman–Crippen MR) is 79.2 cm³/mol. The number of thiophene rings is 1. The second-order valence-electron chi connectivity index (χ2n) is 4.22. The van der Waals surface area contributed by atoms with Crippen LogP contribution in [0.1, 0.15) is 27.3 Å². The van der Waals surface area contributed by atoms with Gasteiger partial charge in [0.15, 0.2) is 0 Å². The van der Waals surface area contributed by atoms with Crippen LogP contribution >= 0.6 is 34.5 Å². The molecule has 3 nitrogen and oxygen atoms in total. The van der Waals surface area contributed by atoms with E-state index in [2.05, 4.69) is 0 Å². The van der Waals surface area contributed by atoms with Crippen LogP contribution in [0, 0.1) is 20.8 Å². The fourth-order valence-electron chi connectivity index (χ4n) is 2.02. The van der Waals surface area contributed by atoms with Gasteiger partial charge < -0.3 is 9.30 Å². The molecule has 0 aliphatic rings. The van der Waals surface area contributed by atoms with Crippen LogP contribution in [0.5, 0.6) is 0 Å². The Hall–Kier alpha value is -0.970. The molecule has 0 N–H and O–H groups in total. The van der Waals surface area contributed by atoms with Gasteiger partial charge in [-0.1, -0.05) is 23.2 Å². The molecule has 0 radical (unpaired) electrons. The van der Waals surface area contributed by atoms with Crippen molar-refractivity contribution in [2.45, 2.75) is 20.8 Å². The van der Waals surface area contributed by atoms with E-state index < -0.39 is 0 Å². The first-order valence-electron chi connectivity index (χ1n) is 5.59.